The van der Waals surface area contributed by atoms with Gasteiger partial charge in [0.15, 0.2) is 0 Å². The number of anilines is 1. The van der Waals surface area contributed by atoms with E-state index in [-0.39, 0.29) is 0 Å². The van der Waals surface area contributed by atoms with Crippen molar-refractivity contribution < 1.29 is 0 Å². The monoisotopic (exact) mass is 260 g/mol. The predicted molar refractivity (Wildman–Crippen MR) is 83.8 cm³/mol. The van der Waals surface area contributed by atoms with Crippen LogP contribution in [-0.4, -0.2) is 30.6 Å². The second kappa shape index (κ2) is 7.54. The van der Waals surface area contributed by atoms with Crippen molar-refractivity contribution in [2.24, 2.45) is 0 Å². The van der Waals surface area contributed by atoms with E-state index in [1.54, 1.807) is 0 Å². The van der Waals surface area contributed by atoms with Gasteiger partial charge in [0.2, 0.25) is 0 Å². The SMILES string of the molecule is CCCC1CCCCN1CCNc1cccc(C)c1. The number of hydrogen-bond donors (Lipinski definition) is 1. The molecule has 1 heterocycles. The zero-order chi connectivity index (χ0) is 13.5. The standard InChI is InChI=1S/C17H28N2/c1-3-7-17-10-4-5-12-19(17)13-11-18-16-9-6-8-15(2)14-16/h6,8-9,14,17-18H,3-5,7,10-13H2,1-2H3. The Kier molecular flexibility index (Phi) is 5.71. The molecule has 1 saturated heterocycles. The lowest BCUT2D eigenvalue weighted by Gasteiger charge is -2.35. The Bertz CT molecular complexity index is 373. The fourth-order valence-corrected chi connectivity index (χ4v) is 3.11. The molecule has 0 bridgehead atoms. The van der Waals surface area contributed by atoms with E-state index < -0.39 is 0 Å². The van der Waals surface area contributed by atoms with Crippen LogP contribution in [0.3, 0.4) is 0 Å². The second-order valence-corrected chi connectivity index (χ2v) is 5.77. The van der Waals surface area contributed by atoms with E-state index in [0.717, 1.165) is 12.6 Å². The maximum atomic E-state index is 3.55. The first kappa shape index (κ1) is 14.4. The van der Waals surface area contributed by atoms with Gasteiger partial charge in [0, 0.05) is 24.8 Å². The first-order valence-electron chi connectivity index (χ1n) is 7.84. The third-order valence-corrected chi connectivity index (χ3v) is 4.12. The molecule has 1 aromatic carbocycles. The molecule has 1 atom stereocenters. The molecule has 2 heteroatoms. The van der Waals surface area contributed by atoms with Gasteiger partial charge in [0.25, 0.3) is 0 Å². The van der Waals surface area contributed by atoms with Gasteiger partial charge < -0.3 is 5.32 Å². The Balaban J connectivity index is 1.77. The van der Waals surface area contributed by atoms with Crippen LogP contribution in [0.15, 0.2) is 24.3 Å². The summed E-state index contributed by atoms with van der Waals surface area (Å²) in [6.45, 7) is 7.98. The van der Waals surface area contributed by atoms with Gasteiger partial charge in [-0.1, -0.05) is 31.9 Å². The van der Waals surface area contributed by atoms with Gasteiger partial charge in [0.05, 0.1) is 0 Å². The summed E-state index contributed by atoms with van der Waals surface area (Å²) in [6.07, 6.45) is 6.88. The normalized spacial score (nSPS) is 20.4. The van der Waals surface area contributed by atoms with E-state index in [9.17, 15) is 0 Å². The third-order valence-electron chi connectivity index (χ3n) is 4.12. The van der Waals surface area contributed by atoms with E-state index in [1.807, 2.05) is 0 Å². The number of piperidine rings is 1. The largest absolute Gasteiger partial charge is 0.384 e. The van der Waals surface area contributed by atoms with Crippen LogP contribution >= 0.6 is 0 Å². The summed E-state index contributed by atoms with van der Waals surface area (Å²) < 4.78 is 0. The van der Waals surface area contributed by atoms with Gasteiger partial charge in [0.1, 0.15) is 0 Å². The van der Waals surface area contributed by atoms with Crippen molar-refractivity contribution in [1.29, 1.82) is 0 Å². The van der Waals surface area contributed by atoms with Crippen LogP contribution in [0.2, 0.25) is 0 Å². The van der Waals surface area contributed by atoms with E-state index in [1.165, 1.54) is 56.4 Å². The lowest BCUT2D eigenvalue weighted by molar-refractivity contribution is 0.145. The van der Waals surface area contributed by atoms with Gasteiger partial charge in [-0.2, -0.15) is 0 Å². The minimum atomic E-state index is 0.832. The van der Waals surface area contributed by atoms with Gasteiger partial charge in [-0.25, -0.2) is 0 Å². The zero-order valence-corrected chi connectivity index (χ0v) is 12.5. The molecule has 1 fully saturated rings. The molecule has 2 nitrogen and oxygen atoms in total. The molecular weight excluding hydrogens is 232 g/mol. The highest BCUT2D eigenvalue weighted by atomic mass is 15.2. The molecule has 0 aliphatic carbocycles. The predicted octanol–water partition coefficient (Wildman–Crippen LogP) is 4.06. The lowest BCUT2D eigenvalue weighted by Crippen LogP contribution is -2.41. The van der Waals surface area contributed by atoms with Crippen molar-refractivity contribution in [3.05, 3.63) is 29.8 Å². The minimum Gasteiger partial charge on any atom is -0.384 e. The first-order valence-corrected chi connectivity index (χ1v) is 7.84. The number of nitrogens with zero attached hydrogens (tertiary/aromatic N) is 1. The number of rotatable bonds is 6. The number of aryl methyl sites for hydroxylation is 1. The second-order valence-electron chi connectivity index (χ2n) is 5.77. The van der Waals surface area contributed by atoms with Crippen LogP contribution in [0, 0.1) is 6.92 Å². The smallest absolute Gasteiger partial charge is 0.0343 e. The van der Waals surface area contributed by atoms with Crippen molar-refractivity contribution in [1.82, 2.24) is 4.90 Å². The van der Waals surface area contributed by atoms with Gasteiger partial charge in [-0.05, 0) is 50.4 Å². The number of likely N-dealkylation sites (tertiary alicyclic amines) is 1. The Labute approximate surface area is 118 Å². The van der Waals surface area contributed by atoms with Crippen molar-refractivity contribution in [2.75, 3.05) is 25.0 Å². The molecule has 1 unspecified atom stereocenters. The van der Waals surface area contributed by atoms with E-state index in [0.29, 0.717) is 0 Å². The Hall–Kier alpha value is -1.02. The maximum Gasteiger partial charge on any atom is 0.0343 e. The topological polar surface area (TPSA) is 15.3 Å². The summed E-state index contributed by atoms with van der Waals surface area (Å²) in [6, 6.07) is 9.48. The molecule has 0 aromatic heterocycles. The van der Waals surface area contributed by atoms with Crippen molar-refractivity contribution in [3.8, 4) is 0 Å². The number of benzene rings is 1. The third kappa shape index (κ3) is 4.54. The molecule has 2 rings (SSSR count). The fourth-order valence-electron chi connectivity index (χ4n) is 3.11. The average molecular weight is 260 g/mol. The van der Waals surface area contributed by atoms with Crippen LogP contribution in [0.1, 0.15) is 44.6 Å². The van der Waals surface area contributed by atoms with Crippen molar-refractivity contribution in [2.45, 2.75) is 52.0 Å². The lowest BCUT2D eigenvalue weighted by atomic mass is 9.98. The zero-order valence-electron chi connectivity index (χ0n) is 12.5. The summed E-state index contributed by atoms with van der Waals surface area (Å²) in [5.74, 6) is 0. The Morgan fingerprint density at radius 3 is 3.00 bits per heavy atom. The molecular formula is C17H28N2. The van der Waals surface area contributed by atoms with E-state index in [2.05, 4.69) is 48.3 Å². The fraction of sp³-hybridized carbons (Fsp3) is 0.647. The first-order chi connectivity index (χ1) is 9.29. The quantitative estimate of drug-likeness (QED) is 0.829. The average Bonchev–Trinajstić information content (AvgIpc) is 2.41. The van der Waals surface area contributed by atoms with Crippen molar-refractivity contribution >= 4 is 5.69 Å². The highest BCUT2D eigenvalue weighted by Crippen LogP contribution is 2.20. The Morgan fingerprint density at radius 2 is 2.21 bits per heavy atom. The van der Waals surface area contributed by atoms with Gasteiger partial charge >= 0.3 is 0 Å². The van der Waals surface area contributed by atoms with Crippen LogP contribution < -0.4 is 5.32 Å². The van der Waals surface area contributed by atoms with Gasteiger partial charge in [-0.3, -0.25) is 4.90 Å². The van der Waals surface area contributed by atoms with E-state index in [4.69, 9.17) is 0 Å². The molecule has 1 aliphatic heterocycles. The summed E-state index contributed by atoms with van der Waals surface area (Å²) >= 11 is 0. The summed E-state index contributed by atoms with van der Waals surface area (Å²) in [4.78, 5) is 2.69. The molecule has 1 aliphatic rings. The molecule has 1 aromatic rings. The molecule has 0 amide bonds. The van der Waals surface area contributed by atoms with Crippen LogP contribution in [0.25, 0.3) is 0 Å². The number of nitrogens with one attached hydrogen (secondary N) is 1. The summed E-state index contributed by atoms with van der Waals surface area (Å²) in [5, 5.41) is 3.55. The van der Waals surface area contributed by atoms with E-state index >= 15 is 0 Å². The molecule has 19 heavy (non-hydrogen) atoms. The summed E-state index contributed by atoms with van der Waals surface area (Å²) in [5.41, 5.74) is 2.58. The highest BCUT2D eigenvalue weighted by molar-refractivity contribution is 5.45. The van der Waals surface area contributed by atoms with Crippen molar-refractivity contribution in [3.63, 3.8) is 0 Å². The maximum absolute atomic E-state index is 3.55. The highest BCUT2D eigenvalue weighted by Gasteiger charge is 2.20. The molecule has 0 spiro atoms. The molecule has 0 saturated carbocycles. The molecule has 106 valence electrons. The van der Waals surface area contributed by atoms with Crippen LogP contribution in [-0.2, 0) is 0 Å². The molecule has 1 N–H and O–H groups in total. The van der Waals surface area contributed by atoms with Crippen LogP contribution in [0.4, 0.5) is 5.69 Å². The Morgan fingerprint density at radius 1 is 1.32 bits per heavy atom. The summed E-state index contributed by atoms with van der Waals surface area (Å²) in [7, 11) is 0. The minimum absolute atomic E-state index is 0.832. The van der Waals surface area contributed by atoms with Crippen LogP contribution in [0.5, 0.6) is 0 Å². The number of hydrogen-bond acceptors (Lipinski definition) is 2. The molecule has 0 radical (unpaired) electrons. The van der Waals surface area contributed by atoms with Gasteiger partial charge in [-0.15, -0.1) is 0 Å².